The molecule has 1 aliphatic rings. The summed E-state index contributed by atoms with van der Waals surface area (Å²) in [6.45, 7) is 3.73. The zero-order chi connectivity index (χ0) is 24.6. The van der Waals surface area contributed by atoms with E-state index in [1.807, 2.05) is 0 Å². The first-order valence-corrected chi connectivity index (χ1v) is 11.1. The molecule has 0 unspecified atom stereocenters. The first-order valence-electron chi connectivity index (χ1n) is 10.3. The molecule has 2 amide bonds. The van der Waals surface area contributed by atoms with Crippen LogP contribution in [0.15, 0.2) is 64.6 Å². The van der Waals surface area contributed by atoms with Gasteiger partial charge in [-0.2, -0.15) is 0 Å². The molecule has 172 valence electrons. The molecule has 1 aliphatic heterocycles. The molecule has 9 heteroatoms. The van der Waals surface area contributed by atoms with Crippen molar-refractivity contribution in [2.75, 3.05) is 11.4 Å². The van der Waals surface area contributed by atoms with Crippen LogP contribution in [0.2, 0.25) is 5.02 Å². The largest absolute Gasteiger partial charge is 0.478 e. The fourth-order valence-electron chi connectivity index (χ4n) is 3.72. The third-order valence-corrected chi connectivity index (χ3v) is 6.13. The zero-order valence-electron chi connectivity index (χ0n) is 18.2. The number of thiocarbonyl (C=S) groups is 1. The van der Waals surface area contributed by atoms with Gasteiger partial charge in [-0.3, -0.25) is 19.4 Å². The molecule has 4 rings (SSSR count). The van der Waals surface area contributed by atoms with Gasteiger partial charge in [0.1, 0.15) is 17.1 Å². The standard InChI is InChI=1S/C25H19ClN2O5S/c1-3-27-22(29)20(23(30)28(25(27)34)16-9-7-15(26)8-10-16)13-17-11-12-21(33-17)18-5-4-6-19(14(18)2)24(31)32/h4-13H,3H2,1-2H3,(H,31,32). The molecule has 0 bridgehead atoms. The summed E-state index contributed by atoms with van der Waals surface area (Å²) in [5, 5.41) is 9.96. The number of hydrogen-bond donors (Lipinski definition) is 1. The van der Waals surface area contributed by atoms with Crippen LogP contribution in [0.5, 0.6) is 0 Å². The molecule has 0 spiro atoms. The van der Waals surface area contributed by atoms with Crippen molar-refractivity contribution in [3.05, 3.63) is 82.1 Å². The number of carboxylic acid groups (broad SMARTS) is 1. The molecule has 3 aromatic rings. The molecule has 0 aliphatic carbocycles. The van der Waals surface area contributed by atoms with E-state index in [9.17, 15) is 19.5 Å². The molecular weight excluding hydrogens is 476 g/mol. The first-order chi connectivity index (χ1) is 16.2. The number of carboxylic acids is 1. The zero-order valence-corrected chi connectivity index (χ0v) is 19.8. The van der Waals surface area contributed by atoms with Gasteiger partial charge in [-0.15, -0.1) is 0 Å². The van der Waals surface area contributed by atoms with Gasteiger partial charge in [-0.1, -0.05) is 23.7 Å². The lowest BCUT2D eigenvalue weighted by molar-refractivity contribution is -0.127. The van der Waals surface area contributed by atoms with Gasteiger partial charge in [-0.25, -0.2) is 4.79 Å². The van der Waals surface area contributed by atoms with Gasteiger partial charge in [0.05, 0.1) is 11.3 Å². The third-order valence-electron chi connectivity index (χ3n) is 5.48. The van der Waals surface area contributed by atoms with E-state index >= 15 is 0 Å². The van der Waals surface area contributed by atoms with Crippen molar-refractivity contribution in [2.24, 2.45) is 0 Å². The van der Waals surface area contributed by atoms with E-state index in [1.165, 1.54) is 21.9 Å². The summed E-state index contributed by atoms with van der Waals surface area (Å²) in [5.41, 5.74) is 1.69. The third kappa shape index (κ3) is 4.13. The summed E-state index contributed by atoms with van der Waals surface area (Å²) in [6, 6.07) is 14.7. The Hall–Kier alpha value is -3.75. The monoisotopic (exact) mass is 494 g/mol. The van der Waals surface area contributed by atoms with E-state index in [-0.39, 0.29) is 28.6 Å². The number of furan rings is 1. The van der Waals surface area contributed by atoms with E-state index in [0.29, 0.717) is 27.6 Å². The maximum absolute atomic E-state index is 13.3. The molecule has 7 nitrogen and oxygen atoms in total. The Bertz CT molecular complexity index is 1360. The fraction of sp³-hybridized carbons (Fsp3) is 0.120. The van der Waals surface area contributed by atoms with Crippen LogP contribution >= 0.6 is 23.8 Å². The van der Waals surface area contributed by atoms with Crippen molar-refractivity contribution < 1.29 is 23.9 Å². The van der Waals surface area contributed by atoms with E-state index in [4.69, 9.17) is 28.2 Å². The first kappa shape index (κ1) is 23.4. The number of carbonyl (C=O) groups excluding carboxylic acids is 2. The van der Waals surface area contributed by atoms with Crippen molar-refractivity contribution in [1.29, 1.82) is 0 Å². The van der Waals surface area contributed by atoms with Crippen molar-refractivity contribution in [1.82, 2.24) is 4.90 Å². The Morgan fingerprint density at radius 1 is 1.09 bits per heavy atom. The van der Waals surface area contributed by atoms with Crippen molar-refractivity contribution in [2.45, 2.75) is 13.8 Å². The lowest BCUT2D eigenvalue weighted by Gasteiger charge is -2.35. The molecule has 1 aromatic heterocycles. The molecule has 0 radical (unpaired) electrons. The second-order valence-electron chi connectivity index (χ2n) is 7.49. The number of likely N-dealkylation sites (N-methyl/N-ethyl adjacent to an activating group) is 1. The Morgan fingerprint density at radius 3 is 2.44 bits per heavy atom. The Morgan fingerprint density at radius 2 is 1.79 bits per heavy atom. The average molecular weight is 495 g/mol. The summed E-state index contributed by atoms with van der Waals surface area (Å²) in [6.07, 6.45) is 1.37. The normalized spacial score (nSPS) is 15.4. The highest BCUT2D eigenvalue weighted by Gasteiger charge is 2.39. The molecule has 0 saturated carbocycles. The number of nitrogens with zero attached hydrogens (tertiary/aromatic N) is 2. The highest BCUT2D eigenvalue weighted by atomic mass is 35.5. The molecule has 2 aromatic carbocycles. The molecule has 2 heterocycles. The number of aromatic carboxylic acids is 1. The van der Waals surface area contributed by atoms with Crippen LogP contribution in [-0.4, -0.2) is 39.4 Å². The van der Waals surface area contributed by atoms with Crippen molar-refractivity contribution in [3.8, 4) is 11.3 Å². The second-order valence-corrected chi connectivity index (χ2v) is 8.29. The maximum atomic E-state index is 13.3. The SMILES string of the molecule is CCN1C(=O)C(=Cc2ccc(-c3cccc(C(=O)O)c3C)o2)C(=O)N(c2ccc(Cl)cc2)C1=S. The van der Waals surface area contributed by atoms with Crippen LogP contribution in [0.3, 0.4) is 0 Å². The van der Waals surface area contributed by atoms with Crippen LogP contribution in [0.1, 0.15) is 28.6 Å². The molecule has 1 N–H and O–H groups in total. The predicted molar refractivity (Wildman–Crippen MR) is 133 cm³/mol. The van der Waals surface area contributed by atoms with Gasteiger partial charge >= 0.3 is 5.97 Å². The number of hydrogen-bond acceptors (Lipinski definition) is 5. The van der Waals surface area contributed by atoms with Crippen LogP contribution in [-0.2, 0) is 9.59 Å². The summed E-state index contributed by atoms with van der Waals surface area (Å²) in [7, 11) is 0. The highest BCUT2D eigenvalue weighted by Crippen LogP contribution is 2.30. The number of benzene rings is 2. The summed E-state index contributed by atoms with van der Waals surface area (Å²) in [4.78, 5) is 40.5. The maximum Gasteiger partial charge on any atom is 0.335 e. The summed E-state index contributed by atoms with van der Waals surface area (Å²) < 4.78 is 5.88. The van der Waals surface area contributed by atoms with Gasteiger partial charge < -0.3 is 9.52 Å². The van der Waals surface area contributed by atoms with Gasteiger partial charge in [0.15, 0.2) is 5.11 Å². The smallest absolute Gasteiger partial charge is 0.335 e. The van der Waals surface area contributed by atoms with Gasteiger partial charge in [0.25, 0.3) is 11.8 Å². The number of halogens is 1. The summed E-state index contributed by atoms with van der Waals surface area (Å²) >= 11 is 11.4. The predicted octanol–water partition coefficient (Wildman–Crippen LogP) is 5.17. The minimum atomic E-state index is -1.04. The van der Waals surface area contributed by atoms with E-state index in [0.717, 1.165) is 0 Å². The quantitative estimate of drug-likeness (QED) is 0.299. The number of amides is 2. The average Bonchev–Trinajstić information content (AvgIpc) is 3.26. The van der Waals surface area contributed by atoms with E-state index in [1.54, 1.807) is 62.4 Å². The lowest BCUT2D eigenvalue weighted by Crippen LogP contribution is -2.56. The van der Waals surface area contributed by atoms with Crippen molar-refractivity contribution >= 4 is 58.5 Å². The second kappa shape index (κ2) is 9.24. The minimum absolute atomic E-state index is 0.0817. The van der Waals surface area contributed by atoms with Crippen LogP contribution in [0.4, 0.5) is 5.69 Å². The number of carbonyl (C=O) groups is 3. The van der Waals surface area contributed by atoms with Crippen LogP contribution in [0, 0.1) is 6.92 Å². The van der Waals surface area contributed by atoms with Gasteiger partial charge in [0.2, 0.25) is 0 Å². The van der Waals surface area contributed by atoms with Crippen LogP contribution < -0.4 is 4.90 Å². The lowest BCUT2D eigenvalue weighted by atomic mass is 10.0. The number of anilines is 1. The van der Waals surface area contributed by atoms with E-state index in [2.05, 4.69) is 0 Å². The summed E-state index contributed by atoms with van der Waals surface area (Å²) in [5.74, 6) is -1.45. The minimum Gasteiger partial charge on any atom is -0.478 e. The van der Waals surface area contributed by atoms with Gasteiger partial charge in [-0.05, 0) is 80.2 Å². The molecule has 0 atom stereocenters. The Kier molecular flexibility index (Phi) is 6.37. The van der Waals surface area contributed by atoms with Gasteiger partial charge in [0, 0.05) is 17.1 Å². The molecule has 1 fully saturated rings. The fourth-order valence-corrected chi connectivity index (χ4v) is 4.25. The van der Waals surface area contributed by atoms with Crippen LogP contribution in [0.25, 0.3) is 17.4 Å². The molecule has 34 heavy (non-hydrogen) atoms. The van der Waals surface area contributed by atoms with E-state index < -0.39 is 17.8 Å². The van der Waals surface area contributed by atoms with Crippen molar-refractivity contribution in [3.63, 3.8) is 0 Å². The Balaban J connectivity index is 1.74. The molecule has 1 saturated heterocycles. The topological polar surface area (TPSA) is 91.1 Å². The Labute approximate surface area is 205 Å². The highest BCUT2D eigenvalue weighted by molar-refractivity contribution is 7.80. The number of rotatable bonds is 5. The molecular formula is C25H19ClN2O5S.